The maximum Gasteiger partial charge on any atom is 0.362 e. The van der Waals surface area contributed by atoms with Crippen LogP contribution < -0.4 is 5.43 Å². The number of carbonyl (C=O) groups is 2. The summed E-state index contributed by atoms with van der Waals surface area (Å²) in [7, 11) is 0. The summed E-state index contributed by atoms with van der Waals surface area (Å²) in [5.41, 5.74) is 3.58. The molecule has 0 spiro atoms. The van der Waals surface area contributed by atoms with E-state index in [1.165, 1.54) is 6.92 Å². The summed E-state index contributed by atoms with van der Waals surface area (Å²) >= 11 is 0. The SMILES string of the molecule is CCOC(=O)C(=NOC(C)=O)C(C)=NNc1ccccc1. The molecule has 0 saturated heterocycles. The molecule has 7 nitrogen and oxygen atoms in total. The summed E-state index contributed by atoms with van der Waals surface area (Å²) in [6.45, 7) is 4.57. The second kappa shape index (κ2) is 8.47. The van der Waals surface area contributed by atoms with Crippen LogP contribution in [0.3, 0.4) is 0 Å². The number of nitrogens with zero attached hydrogens (tertiary/aromatic N) is 2. The Labute approximate surface area is 122 Å². The van der Waals surface area contributed by atoms with E-state index >= 15 is 0 Å². The molecule has 0 atom stereocenters. The van der Waals surface area contributed by atoms with Crippen LogP contribution in [0.15, 0.2) is 40.6 Å². The van der Waals surface area contributed by atoms with Gasteiger partial charge in [0.05, 0.1) is 18.0 Å². The van der Waals surface area contributed by atoms with Crippen LogP contribution in [0, 0.1) is 0 Å². The van der Waals surface area contributed by atoms with Crippen LogP contribution in [0.5, 0.6) is 0 Å². The number of benzene rings is 1. The smallest absolute Gasteiger partial charge is 0.362 e. The third-order valence-electron chi connectivity index (χ3n) is 2.20. The first kappa shape index (κ1) is 16.4. The third kappa shape index (κ3) is 5.85. The van der Waals surface area contributed by atoms with Gasteiger partial charge in [-0.05, 0) is 26.0 Å². The summed E-state index contributed by atoms with van der Waals surface area (Å²) in [5, 5.41) is 7.50. The number of anilines is 1. The average molecular weight is 291 g/mol. The number of hydrogen-bond donors (Lipinski definition) is 1. The van der Waals surface area contributed by atoms with E-state index in [-0.39, 0.29) is 18.0 Å². The molecule has 21 heavy (non-hydrogen) atoms. The van der Waals surface area contributed by atoms with Crippen molar-refractivity contribution in [2.45, 2.75) is 20.8 Å². The number of oxime groups is 1. The molecule has 7 heteroatoms. The minimum atomic E-state index is -0.713. The number of rotatable bonds is 6. The highest BCUT2D eigenvalue weighted by Crippen LogP contribution is 2.05. The van der Waals surface area contributed by atoms with Crippen LogP contribution in [-0.4, -0.2) is 30.0 Å². The van der Waals surface area contributed by atoms with Crippen molar-refractivity contribution in [3.05, 3.63) is 30.3 Å². The van der Waals surface area contributed by atoms with Gasteiger partial charge >= 0.3 is 11.9 Å². The van der Waals surface area contributed by atoms with Crippen LogP contribution in [0.25, 0.3) is 0 Å². The highest BCUT2D eigenvalue weighted by atomic mass is 16.7. The molecule has 1 aromatic carbocycles. The Morgan fingerprint density at radius 2 is 1.86 bits per heavy atom. The van der Waals surface area contributed by atoms with E-state index in [0.29, 0.717) is 0 Å². The first-order chi connectivity index (χ1) is 10.0. The molecule has 1 rings (SSSR count). The van der Waals surface area contributed by atoms with Crippen LogP contribution in [-0.2, 0) is 19.2 Å². The van der Waals surface area contributed by atoms with Crippen molar-refractivity contribution in [1.29, 1.82) is 0 Å². The molecule has 0 aliphatic rings. The van der Waals surface area contributed by atoms with E-state index in [1.807, 2.05) is 30.3 Å². The van der Waals surface area contributed by atoms with E-state index in [1.54, 1.807) is 13.8 Å². The zero-order chi connectivity index (χ0) is 15.7. The number of esters is 1. The van der Waals surface area contributed by atoms with Crippen molar-refractivity contribution in [3.63, 3.8) is 0 Å². The Morgan fingerprint density at radius 3 is 2.43 bits per heavy atom. The Morgan fingerprint density at radius 1 is 1.19 bits per heavy atom. The Bertz CT molecular complexity index is 553. The molecule has 1 aromatic rings. The molecule has 112 valence electrons. The number of ether oxygens (including phenoxy) is 1. The van der Waals surface area contributed by atoms with Gasteiger partial charge in [-0.3, -0.25) is 5.43 Å². The van der Waals surface area contributed by atoms with Crippen LogP contribution in [0.1, 0.15) is 20.8 Å². The monoisotopic (exact) mass is 291 g/mol. The number of hydrazone groups is 1. The zero-order valence-electron chi connectivity index (χ0n) is 12.1. The quantitative estimate of drug-likeness (QED) is 0.374. The lowest BCUT2D eigenvalue weighted by atomic mass is 10.2. The first-order valence-corrected chi connectivity index (χ1v) is 6.33. The van der Waals surface area contributed by atoms with Gasteiger partial charge in [0.1, 0.15) is 0 Å². The molecule has 0 aliphatic heterocycles. The largest absolute Gasteiger partial charge is 0.461 e. The Hall–Kier alpha value is -2.70. The standard InChI is InChI=1S/C14H17N3O4/c1-4-20-14(19)13(17-21-11(3)18)10(2)15-16-12-8-6-5-7-9-12/h5-9,16H,4H2,1-3H3. The molecular weight excluding hydrogens is 274 g/mol. The Balaban J connectivity index is 2.88. The zero-order valence-corrected chi connectivity index (χ0v) is 12.1. The van der Waals surface area contributed by atoms with E-state index in [2.05, 4.69) is 20.5 Å². The van der Waals surface area contributed by atoms with Gasteiger partial charge < -0.3 is 9.57 Å². The van der Waals surface area contributed by atoms with E-state index in [9.17, 15) is 9.59 Å². The second-order valence-corrected chi connectivity index (χ2v) is 3.92. The molecule has 0 radical (unpaired) electrons. The normalized spacial score (nSPS) is 11.8. The fraction of sp³-hybridized carbons (Fsp3) is 0.286. The molecule has 0 aromatic heterocycles. The summed E-state index contributed by atoms with van der Waals surface area (Å²) in [6, 6.07) is 9.17. The second-order valence-electron chi connectivity index (χ2n) is 3.92. The van der Waals surface area contributed by atoms with Crippen molar-refractivity contribution < 1.29 is 19.2 Å². The average Bonchev–Trinajstić information content (AvgIpc) is 2.46. The van der Waals surface area contributed by atoms with Gasteiger partial charge in [0.15, 0.2) is 0 Å². The van der Waals surface area contributed by atoms with E-state index in [4.69, 9.17) is 4.74 Å². The van der Waals surface area contributed by atoms with E-state index in [0.717, 1.165) is 5.69 Å². The van der Waals surface area contributed by atoms with Crippen molar-refractivity contribution in [2.75, 3.05) is 12.0 Å². The lowest BCUT2D eigenvalue weighted by Crippen LogP contribution is -2.26. The molecule has 0 saturated carbocycles. The van der Waals surface area contributed by atoms with Gasteiger partial charge in [0.25, 0.3) is 0 Å². The van der Waals surface area contributed by atoms with Gasteiger partial charge in [0, 0.05) is 6.92 Å². The minimum Gasteiger partial charge on any atom is -0.461 e. The summed E-state index contributed by atoms with van der Waals surface area (Å²) in [4.78, 5) is 27.0. The third-order valence-corrected chi connectivity index (χ3v) is 2.20. The molecule has 1 N–H and O–H groups in total. The molecule has 0 aliphatic carbocycles. The summed E-state index contributed by atoms with van der Waals surface area (Å²) < 4.78 is 4.84. The summed E-state index contributed by atoms with van der Waals surface area (Å²) in [5.74, 6) is -1.35. The molecule has 0 unspecified atom stereocenters. The molecule has 0 fully saturated rings. The fourth-order valence-electron chi connectivity index (χ4n) is 1.27. The van der Waals surface area contributed by atoms with E-state index < -0.39 is 11.9 Å². The van der Waals surface area contributed by atoms with Gasteiger partial charge in [-0.15, -0.1) is 0 Å². The maximum atomic E-state index is 11.8. The van der Waals surface area contributed by atoms with Crippen LogP contribution >= 0.6 is 0 Å². The van der Waals surface area contributed by atoms with Gasteiger partial charge in [-0.1, -0.05) is 23.4 Å². The number of hydrogen-bond acceptors (Lipinski definition) is 7. The number of nitrogens with one attached hydrogen (secondary N) is 1. The fourth-order valence-corrected chi connectivity index (χ4v) is 1.27. The van der Waals surface area contributed by atoms with Gasteiger partial charge in [0.2, 0.25) is 5.71 Å². The van der Waals surface area contributed by atoms with Gasteiger partial charge in [-0.25, -0.2) is 9.59 Å². The van der Waals surface area contributed by atoms with Gasteiger partial charge in [-0.2, -0.15) is 5.10 Å². The van der Waals surface area contributed by atoms with Crippen molar-refractivity contribution >= 4 is 29.0 Å². The predicted octanol–water partition coefficient (Wildman–Crippen LogP) is 1.96. The first-order valence-electron chi connectivity index (χ1n) is 6.33. The molecule has 0 bridgehead atoms. The molecular formula is C14H17N3O4. The summed E-state index contributed by atoms with van der Waals surface area (Å²) in [6.07, 6.45) is 0. The molecule has 0 heterocycles. The molecule has 0 amide bonds. The topological polar surface area (TPSA) is 89.4 Å². The van der Waals surface area contributed by atoms with Crippen LogP contribution in [0.4, 0.5) is 5.69 Å². The highest BCUT2D eigenvalue weighted by Gasteiger charge is 2.18. The number of carbonyl (C=O) groups excluding carboxylic acids is 2. The maximum absolute atomic E-state index is 11.8. The van der Waals surface area contributed by atoms with Crippen molar-refractivity contribution in [2.24, 2.45) is 10.3 Å². The minimum absolute atomic E-state index is 0.171. The number of para-hydroxylation sites is 1. The highest BCUT2D eigenvalue weighted by molar-refractivity contribution is 6.65. The Kier molecular flexibility index (Phi) is 6.59. The van der Waals surface area contributed by atoms with Crippen molar-refractivity contribution in [1.82, 2.24) is 0 Å². The van der Waals surface area contributed by atoms with Crippen LogP contribution in [0.2, 0.25) is 0 Å². The lowest BCUT2D eigenvalue weighted by molar-refractivity contribution is -0.141. The lowest BCUT2D eigenvalue weighted by Gasteiger charge is -2.06. The predicted molar refractivity (Wildman–Crippen MR) is 79.0 cm³/mol. The van der Waals surface area contributed by atoms with Crippen molar-refractivity contribution in [3.8, 4) is 0 Å².